The van der Waals surface area contributed by atoms with Crippen LogP contribution in [0.4, 0.5) is 0 Å². The number of hydrogen-bond donors (Lipinski definition) is 3. The highest BCUT2D eigenvalue weighted by Gasteiger charge is 1.95. The van der Waals surface area contributed by atoms with E-state index in [1.54, 1.807) is 0 Å². The molecule has 11 heavy (non-hydrogen) atoms. The van der Waals surface area contributed by atoms with E-state index >= 15 is 0 Å². The van der Waals surface area contributed by atoms with Crippen LogP contribution in [0, 0.1) is 0 Å². The van der Waals surface area contributed by atoms with E-state index in [0.717, 1.165) is 25.8 Å². The van der Waals surface area contributed by atoms with Crippen molar-refractivity contribution in [3.8, 4) is 0 Å². The van der Waals surface area contributed by atoms with Gasteiger partial charge in [-0.15, -0.1) is 0 Å². The van der Waals surface area contributed by atoms with Gasteiger partial charge in [0, 0.05) is 12.6 Å². The van der Waals surface area contributed by atoms with Crippen LogP contribution >= 0.6 is 0 Å². The quantitative estimate of drug-likeness (QED) is 0.465. The molecule has 0 unspecified atom stereocenters. The number of rotatable bonds is 7. The van der Waals surface area contributed by atoms with Crippen molar-refractivity contribution >= 4 is 0 Å². The Hall–Kier alpha value is -0.120. The maximum atomic E-state index is 8.63. The fourth-order valence-corrected chi connectivity index (χ4v) is 0.827. The van der Waals surface area contributed by atoms with Crippen LogP contribution in [0.2, 0.25) is 0 Å². The Morgan fingerprint density at radius 3 is 2.45 bits per heavy atom. The molecule has 1 atom stereocenters. The first-order valence-electron chi connectivity index (χ1n) is 4.26. The van der Waals surface area contributed by atoms with Gasteiger partial charge in [0.25, 0.3) is 0 Å². The van der Waals surface area contributed by atoms with Crippen molar-refractivity contribution in [2.75, 3.05) is 19.8 Å². The smallest absolute Gasteiger partial charge is 0.0581 e. The fraction of sp³-hybridized carbons (Fsp3) is 1.00. The summed E-state index contributed by atoms with van der Waals surface area (Å²) in [5.74, 6) is 0. The van der Waals surface area contributed by atoms with Gasteiger partial charge in [0.2, 0.25) is 0 Å². The SMILES string of the molecule is C[C@@H](CO)NCCCCCO. The van der Waals surface area contributed by atoms with Gasteiger partial charge in [-0.2, -0.15) is 0 Å². The summed E-state index contributed by atoms with van der Waals surface area (Å²) in [6.45, 7) is 3.36. The van der Waals surface area contributed by atoms with Crippen molar-refractivity contribution in [1.82, 2.24) is 5.32 Å². The molecule has 0 aliphatic carbocycles. The molecular formula is C8H19NO2. The van der Waals surface area contributed by atoms with E-state index in [-0.39, 0.29) is 19.3 Å². The molecule has 0 saturated heterocycles. The lowest BCUT2D eigenvalue weighted by Crippen LogP contribution is -2.29. The van der Waals surface area contributed by atoms with Gasteiger partial charge in [-0.3, -0.25) is 0 Å². The summed E-state index contributed by atoms with van der Waals surface area (Å²) in [5, 5.41) is 20.3. The van der Waals surface area contributed by atoms with E-state index < -0.39 is 0 Å². The molecule has 0 heterocycles. The van der Waals surface area contributed by atoms with E-state index in [9.17, 15) is 0 Å². The Labute approximate surface area is 68.4 Å². The molecule has 0 aromatic carbocycles. The predicted octanol–water partition coefficient (Wildman–Crippen LogP) is 0.119. The molecule has 0 aromatic rings. The molecule has 0 aromatic heterocycles. The maximum Gasteiger partial charge on any atom is 0.0581 e. The zero-order chi connectivity index (χ0) is 8.53. The Bertz CT molecular complexity index is 78.5. The number of aliphatic hydroxyl groups is 2. The molecule has 0 fully saturated rings. The molecule has 0 amide bonds. The highest BCUT2D eigenvalue weighted by Crippen LogP contribution is 1.92. The highest BCUT2D eigenvalue weighted by atomic mass is 16.3. The lowest BCUT2D eigenvalue weighted by atomic mass is 10.2. The molecule has 0 bridgehead atoms. The largest absolute Gasteiger partial charge is 0.396 e. The van der Waals surface area contributed by atoms with Crippen LogP contribution in [0.15, 0.2) is 0 Å². The van der Waals surface area contributed by atoms with Crippen LogP contribution in [0.1, 0.15) is 26.2 Å². The zero-order valence-corrected chi connectivity index (χ0v) is 7.21. The molecule has 0 radical (unpaired) electrons. The van der Waals surface area contributed by atoms with Crippen molar-refractivity contribution in [3.05, 3.63) is 0 Å². The van der Waals surface area contributed by atoms with Gasteiger partial charge in [0.05, 0.1) is 6.61 Å². The lowest BCUT2D eigenvalue weighted by molar-refractivity contribution is 0.249. The minimum absolute atomic E-state index is 0.194. The van der Waals surface area contributed by atoms with Crippen molar-refractivity contribution in [2.45, 2.75) is 32.2 Å². The van der Waals surface area contributed by atoms with Gasteiger partial charge in [-0.25, -0.2) is 0 Å². The average molecular weight is 161 g/mol. The lowest BCUT2D eigenvalue weighted by Gasteiger charge is -2.09. The zero-order valence-electron chi connectivity index (χ0n) is 7.21. The second-order valence-electron chi connectivity index (χ2n) is 2.82. The second-order valence-corrected chi connectivity index (χ2v) is 2.82. The second kappa shape index (κ2) is 7.98. The van der Waals surface area contributed by atoms with Crippen molar-refractivity contribution < 1.29 is 10.2 Å². The van der Waals surface area contributed by atoms with Gasteiger partial charge in [0.15, 0.2) is 0 Å². The van der Waals surface area contributed by atoms with E-state index in [4.69, 9.17) is 10.2 Å². The first-order chi connectivity index (χ1) is 5.31. The minimum atomic E-state index is 0.194. The Morgan fingerprint density at radius 2 is 1.91 bits per heavy atom. The van der Waals surface area contributed by atoms with E-state index in [1.807, 2.05) is 6.92 Å². The van der Waals surface area contributed by atoms with Gasteiger partial charge in [0.1, 0.15) is 0 Å². The molecule has 0 saturated carbocycles. The van der Waals surface area contributed by atoms with Crippen molar-refractivity contribution in [1.29, 1.82) is 0 Å². The summed E-state index contributed by atoms with van der Waals surface area (Å²) in [5.41, 5.74) is 0. The summed E-state index contributed by atoms with van der Waals surface area (Å²) >= 11 is 0. The van der Waals surface area contributed by atoms with E-state index in [1.165, 1.54) is 0 Å². The summed E-state index contributed by atoms with van der Waals surface area (Å²) in [6.07, 6.45) is 3.02. The molecule has 3 heteroatoms. The topological polar surface area (TPSA) is 52.5 Å². The van der Waals surface area contributed by atoms with Crippen LogP contribution < -0.4 is 5.32 Å². The fourth-order valence-electron chi connectivity index (χ4n) is 0.827. The Balaban J connectivity index is 2.89. The van der Waals surface area contributed by atoms with E-state index in [0.29, 0.717) is 0 Å². The Kier molecular flexibility index (Phi) is 7.89. The minimum Gasteiger partial charge on any atom is -0.396 e. The molecule has 68 valence electrons. The summed E-state index contributed by atoms with van der Waals surface area (Å²) < 4.78 is 0. The van der Waals surface area contributed by atoms with Gasteiger partial charge in [-0.05, 0) is 32.7 Å². The standard InChI is InChI=1S/C8H19NO2/c1-8(7-11)9-5-3-2-4-6-10/h8-11H,2-7H2,1H3/t8-/m0/s1. The van der Waals surface area contributed by atoms with Crippen molar-refractivity contribution in [2.24, 2.45) is 0 Å². The predicted molar refractivity (Wildman–Crippen MR) is 45.5 cm³/mol. The molecule has 0 aliphatic heterocycles. The van der Waals surface area contributed by atoms with Crippen molar-refractivity contribution in [3.63, 3.8) is 0 Å². The summed E-state index contributed by atoms with van der Waals surface area (Å²) in [4.78, 5) is 0. The van der Waals surface area contributed by atoms with Crippen LogP contribution in [0.25, 0.3) is 0 Å². The number of aliphatic hydroxyl groups excluding tert-OH is 2. The third-order valence-electron chi connectivity index (χ3n) is 1.60. The van der Waals surface area contributed by atoms with Crippen LogP contribution in [-0.2, 0) is 0 Å². The summed E-state index contributed by atoms with van der Waals surface area (Å²) in [7, 11) is 0. The molecular weight excluding hydrogens is 142 g/mol. The van der Waals surface area contributed by atoms with Gasteiger partial charge >= 0.3 is 0 Å². The monoisotopic (exact) mass is 161 g/mol. The Morgan fingerprint density at radius 1 is 1.18 bits per heavy atom. The number of unbranched alkanes of at least 4 members (excludes halogenated alkanes) is 2. The normalized spacial score (nSPS) is 13.4. The average Bonchev–Trinajstić information content (AvgIpc) is 2.04. The summed E-state index contributed by atoms with van der Waals surface area (Å²) in [6, 6.07) is 0.198. The van der Waals surface area contributed by atoms with Crippen LogP contribution in [0.5, 0.6) is 0 Å². The molecule has 0 aliphatic rings. The highest BCUT2D eigenvalue weighted by molar-refractivity contribution is 4.57. The third-order valence-corrected chi connectivity index (χ3v) is 1.60. The molecule has 3 nitrogen and oxygen atoms in total. The number of nitrogens with one attached hydrogen (secondary N) is 1. The first kappa shape index (κ1) is 10.9. The van der Waals surface area contributed by atoms with Gasteiger partial charge in [-0.1, -0.05) is 0 Å². The number of hydrogen-bond acceptors (Lipinski definition) is 3. The van der Waals surface area contributed by atoms with Crippen LogP contribution in [0.3, 0.4) is 0 Å². The molecule has 0 rings (SSSR count). The first-order valence-corrected chi connectivity index (χ1v) is 4.26. The van der Waals surface area contributed by atoms with Gasteiger partial charge < -0.3 is 15.5 Å². The molecule has 3 N–H and O–H groups in total. The maximum absolute atomic E-state index is 8.63. The molecule has 0 spiro atoms. The van der Waals surface area contributed by atoms with Crippen LogP contribution in [-0.4, -0.2) is 36.0 Å². The third kappa shape index (κ3) is 7.78. The van der Waals surface area contributed by atoms with E-state index in [2.05, 4.69) is 5.32 Å².